The fourth-order valence-corrected chi connectivity index (χ4v) is 5.23. The highest BCUT2D eigenvalue weighted by Crippen LogP contribution is 2.30. The maximum Gasteiger partial charge on any atom is 0.255 e. The van der Waals surface area contributed by atoms with Crippen LogP contribution in [-0.4, -0.2) is 39.6 Å². The number of nitrogens with one attached hydrogen (secondary N) is 2. The van der Waals surface area contributed by atoms with Crippen LogP contribution in [0.1, 0.15) is 44.8 Å². The van der Waals surface area contributed by atoms with E-state index in [0.29, 0.717) is 17.1 Å². The molecule has 3 aromatic rings. The van der Waals surface area contributed by atoms with E-state index < -0.39 is 23.7 Å². The third kappa shape index (κ3) is 4.83. The van der Waals surface area contributed by atoms with E-state index in [4.69, 9.17) is 0 Å². The van der Waals surface area contributed by atoms with Gasteiger partial charge in [0.1, 0.15) is 11.9 Å². The quantitative estimate of drug-likeness (QED) is 0.515. The predicted molar refractivity (Wildman–Crippen MR) is 126 cm³/mol. The van der Waals surface area contributed by atoms with Crippen LogP contribution in [0.4, 0.5) is 9.52 Å². The summed E-state index contributed by atoms with van der Waals surface area (Å²) in [5.41, 5.74) is 1.81. The van der Waals surface area contributed by atoms with Gasteiger partial charge in [-0.3, -0.25) is 24.5 Å². The zero-order chi connectivity index (χ0) is 24.5. The fourth-order valence-electron chi connectivity index (χ4n) is 4.37. The molecule has 1 unspecified atom stereocenters. The Morgan fingerprint density at radius 1 is 1.17 bits per heavy atom. The number of carbonyl (C=O) groups is 4. The number of aromatic nitrogens is 1. The Hall–Kier alpha value is -3.92. The van der Waals surface area contributed by atoms with Gasteiger partial charge < -0.3 is 10.2 Å². The highest BCUT2D eigenvalue weighted by molar-refractivity contribution is 7.15. The van der Waals surface area contributed by atoms with E-state index in [9.17, 15) is 23.6 Å². The molecule has 35 heavy (non-hydrogen) atoms. The molecule has 2 aliphatic rings. The van der Waals surface area contributed by atoms with Gasteiger partial charge in [-0.25, -0.2) is 9.37 Å². The molecule has 1 atom stereocenters. The number of rotatable bonds is 6. The van der Waals surface area contributed by atoms with Crippen molar-refractivity contribution in [1.29, 1.82) is 0 Å². The van der Waals surface area contributed by atoms with E-state index in [0.717, 1.165) is 10.4 Å². The van der Waals surface area contributed by atoms with E-state index in [1.807, 2.05) is 30.3 Å². The number of piperidine rings is 1. The lowest BCUT2D eigenvalue weighted by Gasteiger charge is -2.29. The summed E-state index contributed by atoms with van der Waals surface area (Å²) in [6.07, 6.45) is 2.60. The Morgan fingerprint density at radius 2 is 1.97 bits per heavy atom. The maximum absolute atomic E-state index is 14.8. The summed E-state index contributed by atoms with van der Waals surface area (Å²) >= 11 is 1.37. The summed E-state index contributed by atoms with van der Waals surface area (Å²) in [6.45, 7) is -0.0535. The molecule has 178 valence electrons. The Bertz CT molecular complexity index is 1340. The molecule has 3 heterocycles. The SMILES string of the molecule is O=C1CCC(N2Cc3c(F)cc(CC(=O)Nc4ncc(Cc5ccccc5)s4)cc3C2=O)C(=O)N1. The number of hydrogen-bond acceptors (Lipinski definition) is 6. The Morgan fingerprint density at radius 3 is 2.74 bits per heavy atom. The molecular formula is C25H21FN4O4S. The van der Waals surface area contributed by atoms with Crippen molar-refractivity contribution in [2.24, 2.45) is 0 Å². The van der Waals surface area contributed by atoms with Crippen LogP contribution in [0, 0.1) is 5.82 Å². The smallest absolute Gasteiger partial charge is 0.255 e. The number of carbonyl (C=O) groups excluding carboxylic acids is 4. The Balaban J connectivity index is 1.25. The van der Waals surface area contributed by atoms with Crippen molar-refractivity contribution < 1.29 is 23.6 Å². The van der Waals surface area contributed by atoms with E-state index in [1.165, 1.54) is 28.4 Å². The normalized spacial score (nSPS) is 17.3. The largest absolute Gasteiger partial charge is 0.322 e. The summed E-state index contributed by atoms with van der Waals surface area (Å²) in [4.78, 5) is 55.6. The van der Waals surface area contributed by atoms with Crippen molar-refractivity contribution in [2.45, 2.75) is 38.3 Å². The number of anilines is 1. The van der Waals surface area contributed by atoms with Gasteiger partial charge in [-0.05, 0) is 29.7 Å². The van der Waals surface area contributed by atoms with Crippen molar-refractivity contribution in [3.05, 3.63) is 81.6 Å². The van der Waals surface area contributed by atoms with Crippen molar-refractivity contribution in [1.82, 2.24) is 15.2 Å². The molecule has 1 fully saturated rings. The maximum atomic E-state index is 14.8. The molecule has 10 heteroatoms. The first-order chi connectivity index (χ1) is 16.9. The minimum Gasteiger partial charge on any atom is -0.322 e. The molecule has 0 spiro atoms. The van der Waals surface area contributed by atoms with E-state index in [1.54, 1.807) is 6.20 Å². The van der Waals surface area contributed by atoms with Gasteiger partial charge in [0.25, 0.3) is 5.91 Å². The van der Waals surface area contributed by atoms with Gasteiger partial charge in [0.2, 0.25) is 17.7 Å². The molecule has 0 aliphatic carbocycles. The molecule has 5 rings (SSSR count). The van der Waals surface area contributed by atoms with Crippen LogP contribution >= 0.6 is 11.3 Å². The first kappa shape index (κ1) is 22.9. The van der Waals surface area contributed by atoms with E-state index in [2.05, 4.69) is 15.6 Å². The lowest BCUT2D eigenvalue weighted by atomic mass is 10.0. The zero-order valence-corrected chi connectivity index (χ0v) is 19.4. The molecule has 4 amide bonds. The Kier molecular flexibility index (Phi) is 6.12. The van der Waals surface area contributed by atoms with Crippen LogP contribution in [0.3, 0.4) is 0 Å². The summed E-state index contributed by atoms with van der Waals surface area (Å²) < 4.78 is 14.8. The number of thiazole rings is 1. The summed E-state index contributed by atoms with van der Waals surface area (Å²) in [7, 11) is 0. The summed E-state index contributed by atoms with van der Waals surface area (Å²) in [5.74, 6) is -2.41. The van der Waals surface area contributed by atoms with Gasteiger partial charge in [-0.2, -0.15) is 0 Å². The van der Waals surface area contributed by atoms with Gasteiger partial charge in [0, 0.05) is 35.0 Å². The lowest BCUT2D eigenvalue weighted by Crippen LogP contribution is -2.52. The monoisotopic (exact) mass is 492 g/mol. The number of imide groups is 1. The first-order valence-electron chi connectivity index (χ1n) is 11.1. The minimum absolute atomic E-state index is 0.0535. The lowest BCUT2D eigenvalue weighted by molar-refractivity contribution is -0.137. The molecule has 2 aliphatic heterocycles. The molecule has 1 aromatic heterocycles. The summed E-state index contributed by atoms with van der Waals surface area (Å²) in [6, 6.07) is 11.8. The van der Waals surface area contributed by atoms with Crippen molar-refractivity contribution in [3.63, 3.8) is 0 Å². The first-order valence-corrected chi connectivity index (χ1v) is 11.9. The third-order valence-electron chi connectivity index (χ3n) is 6.05. The standard InChI is InChI=1S/C25H21FN4O4S/c26-19-10-15(9-17-18(19)13-30(24(17)34)20-6-7-21(31)28-23(20)33)11-22(32)29-25-27-12-16(35-25)8-14-4-2-1-3-5-14/h1-5,9-10,12,20H,6-8,11,13H2,(H,27,29,32)(H,28,31,33). The number of benzene rings is 2. The number of nitrogens with zero attached hydrogens (tertiary/aromatic N) is 2. The van der Waals surface area contributed by atoms with Crippen LogP contribution in [-0.2, 0) is 33.8 Å². The van der Waals surface area contributed by atoms with E-state index in [-0.39, 0.29) is 48.7 Å². The highest BCUT2D eigenvalue weighted by Gasteiger charge is 2.40. The summed E-state index contributed by atoms with van der Waals surface area (Å²) in [5, 5.41) is 5.40. The molecule has 0 radical (unpaired) electrons. The van der Waals surface area contributed by atoms with Crippen LogP contribution < -0.4 is 10.6 Å². The molecule has 0 saturated carbocycles. The number of halogens is 1. The average molecular weight is 493 g/mol. The topological polar surface area (TPSA) is 108 Å². The molecular weight excluding hydrogens is 471 g/mol. The highest BCUT2D eigenvalue weighted by atomic mass is 32.1. The van der Waals surface area contributed by atoms with Crippen LogP contribution in [0.2, 0.25) is 0 Å². The zero-order valence-electron chi connectivity index (χ0n) is 18.5. The van der Waals surface area contributed by atoms with Crippen molar-refractivity contribution >= 4 is 40.1 Å². The van der Waals surface area contributed by atoms with Gasteiger partial charge in [0.15, 0.2) is 5.13 Å². The molecule has 0 bridgehead atoms. The number of hydrogen-bond donors (Lipinski definition) is 2. The van der Waals surface area contributed by atoms with Gasteiger partial charge >= 0.3 is 0 Å². The van der Waals surface area contributed by atoms with Crippen molar-refractivity contribution in [2.75, 3.05) is 5.32 Å². The third-order valence-corrected chi connectivity index (χ3v) is 6.96. The molecule has 2 aromatic carbocycles. The van der Waals surface area contributed by atoms with Gasteiger partial charge in [-0.1, -0.05) is 30.3 Å². The van der Waals surface area contributed by atoms with Crippen LogP contribution in [0.25, 0.3) is 0 Å². The van der Waals surface area contributed by atoms with Gasteiger partial charge in [-0.15, -0.1) is 11.3 Å². The minimum atomic E-state index is -0.825. The van der Waals surface area contributed by atoms with Crippen LogP contribution in [0.15, 0.2) is 48.7 Å². The number of amides is 4. The second kappa shape index (κ2) is 9.38. The van der Waals surface area contributed by atoms with Crippen LogP contribution in [0.5, 0.6) is 0 Å². The van der Waals surface area contributed by atoms with E-state index >= 15 is 0 Å². The number of fused-ring (bicyclic) bond motifs is 1. The van der Waals surface area contributed by atoms with Gasteiger partial charge in [0.05, 0.1) is 13.0 Å². The molecule has 1 saturated heterocycles. The second-order valence-corrected chi connectivity index (χ2v) is 9.64. The van der Waals surface area contributed by atoms with Crippen molar-refractivity contribution in [3.8, 4) is 0 Å². The Labute approximate surface area is 204 Å². The average Bonchev–Trinajstić information content (AvgIpc) is 3.39. The molecule has 8 nitrogen and oxygen atoms in total. The molecule has 2 N–H and O–H groups in total. The second-order valence-electron chi connectivity index (χ2n) is 8.52. The fraction of sp³-hybridized carbons (Fsp3) is 0.240. The predicted octanol–water partition coefficient (Wildman–Crippen LogP) is 2.82.